The van der Waals surface area contributed by atoms with Crippen LogP contribution in [0.2, 0.25) is 0 Å². The van der Waals surface area contributed by atoms with Crippen LogP contribution in [0, 0.1) is 0 Å². The zero-order valence-electron chi connectivity index (χ0n) is 26.2. The standard InChI is InChI=1S/C42H37N3O/c1-2-3-4-5-12-24-44-36-18-9-6-14-29(36)32-26-33-30-15-7-10-19-37(30)45(39(33)27-38(32)44)42-21-13-17-35(43-42)28-22-23-41-34(25-28)31-16-8-11-20-40(31)46-41/h6-11,13-23,25-27,35,43H,2-5,12,24H2,1H3. The van der Waals surface area contributed by atoms with Gasteiger partial charge in [-0.3, -0.25) is 4.57 Å². The second-order valence-corrected chi connectivity index (χ2v) is 12.7. The van der Waals surface area contributed by atoms with Crippen LogP contribution in [0.25, 0.3) is 71.4 Å². The number of nitrogens with one attached hydrogen (secondary N) is 1. The van der Waals surface area contributed by atoms with E-state index >= 15 is 0 Å². The molecule has 0 fully saturated rings. The van der Waals surface area contributed by atoms with E-state index < -0.39 is 0 Å². The number of nitrogens with zero attached hydrogens (tertiary/aromatic N) is 2. The van der Waals surface area contributed by atoms with Gasteiger partial charge in [-0.25, -0.2) is 0 Å². The van der Waals surface area contributed by atoms with Gasteiger partial charge in [-0.05, 0) is 60.5 Å². The minimum atomic E-state index is 0.0348. The van der Waals surface area contributed by atoms with E-state index in [1.807, 2.05) is 12.1 Å². The third-order valence-electron chi connectivity index (χ3n) is 9.91. The number of dihydropyridines is 1. The molecule has 0 bridgehead atoms. The lowest BCUT2D eigenvalue weighted by molar-refractivity contribution is 0.584. The molecule has 1 aliphatic heterocycles. The molecule has 3 aromatic heterocycles. The van der Waals surface area contributed by atoms with Gasteiger partial charge in [-0.2, -0.15) is 0 Å². The topological polar surface area (TPSA) is 35.0 Å². The Labute approximate surface area is 268 Å². The van der Waals surface area contributed by atoms with E-state index in [2.05, 4.69) is 131 Å². The Morgan fingerprint density at radius 1 is 0.609 bits per heavy atom. The number of aryl methyl sites for hydroxylation is 1. The molecule has 0 saturated carbocycles. The SMILES string of the molecule is CCCCCCCn1c2ccccc2c2cc3c4ccccc4n(C4=CC=CC(c5ccc6oc7ccccc7c6c5)N4)c3cc21. The summed E-state index contributed by atoms with van der Waals surface area (Å²) >= 11 is 0. The number of allylic oxidation sites excluding steroid dienone is 2. The van der Waals surface area contributed by atoms with Crippen molar-refractivity contribution in [2.24, 2.45) is 0 Å². The van der Waals surface area contributed by atoms with Crippen LogP contribution in [-0.4, -0.2) is 9.13 Å². The lowest BCUT2D eigenvalue weighted by Crippen LogP contribution is -2.23. The predicted octanol–water partition coefficient (Wildman–Crippen LogP) is 11.5. The number of fused-ring (bicyclic) bond motifs is 9. The number of rotatable bonds is 8. The van der Waals surface area contributed by atoms with Crippen molar-refractivity contribution < 1.29 is 4.42 Å². The summed E-state index contributed by atoms with van der Waals surface area (Å²) in [4.78, 5) is 0. The van der Waals surface area contributed by atoms with Crippen LogP contribution in [0.1, 0.15) is 50.6 Å². The van der Waals surface area contributed by atoms with Crippen molar-refractivity contribution >= 4 is 71.4 Å². The fraction of sp³-hybridized carbons (Fsp3) is 0.190. The number of para-hydroxylation sites is 3. The molecule has 46 heavy (non-hydrogen) atoms. The molecule has 1 unspecified atom stereocenters. The van der Waals surface area contributed by atoms with Gasteiger partial charge < -0.3 is 14.3 Å². The van der Waals surface area contributed by atoms with Crippen LogP contribution in [0.3, 0.4) is 0 Å². The average Bonchev–Trinajstić information content (AvgIpc) is 3.74. The van der Waals surface area contributed by atoms with Crippen molar-refractivity contribution in [3.8, 4) is 0 Å². The fourth-order valence-electron chi connectivity index (χ4n) is 7.67. The molecule has 4 heteroatoms. The monoisotopic (exact) mass is 599 g/mol. The molecule has 226 valence electrons. The molecule has 5 aromatic carbocycles. The van der Waals surface area contributed by atoms with E-state index in [4.69, 9.17) is 4.42 Å². The number of furan rings is 1. The molecular weight excluding hydrogens is 562 g/mol. The van der Waals surface area contributed by atoms with Gasteiger partial charge in [-0.1, -0.05) is 105 Å². The fourth-order valence-corrected chi connectivity index (χ4v) is 7.67. The van der Waals surface area contributed by atoms with Gasteiger partial charge in [-0.15, -0.1) is 0 Å². The van der Waals surface area contributed by atoms with Gasteiger partial charge in [0.2, 0.25) is 0 Å². The van der Waals surface area contributed by atoms with E-state index in [-0.39, 0.29) is 6.04 Å². The van der Waals surface area contributed by atoms with Crippen LogP contribution in [0.5, 0.6) is 0 Å². The Kier molecular flexibility index (Phi) is 6.48. The number of benzene rings is 5. The molecule has 8 aromatic rings. The second-order valence-electron chi connectivity index (χ2n) is 12.7. The van der Waals surface area contributed by atoms with Crippen LogP contribution in [0.4, 0.5) is 0 Å². The van der Waals surface area contributed by atoms with Gasteiger partial charge in [0.25, 0.3) is 0 Å². The second kappa shape index (κ2) is 11.0. The number of unbranched alkanes of at least 4 members (excludes halogenated alkanes) is 4. The highest BCUT2D eigenvalue weighted by atomic mass is 16.3. The smallest absolute Gasteiger partial charge is 0.135 e. The maximum absolute atomic E-state index is 6.12. The zero-order chi connectivity index (χ0) is 30.6. The summed E-state index contributed by atoms with van der Waals surface area (Å²) < 4.78 is 11.1. The first-order chi connectivity index (χ1) is 22.8. The Hall–Kier alpha value is -5.22. The van der Waals surface area contributed by atoms with Crippen molar-refractivity contribution in [2.75, 3.05) is 0 Å². The number of hydrogen-bond donors (Lipinski definition) is 1. The summed E-state index contributed by atoms with van der Waals surface area (Å²) in [5, 5.41) is 11.4. The van der Waals surface area contributed by atoms with Crippen molar-refractivity contribution in [2.45, 2.75) is 51.6 Å². The van der Waals surface area contributed by atoms with Crippen molar-refractivity contribution in [3.63, 3.8) is 0 Å². The van der Waals surface area contributed by atoms with Crippen LogP contribution in [-0.2, 0) is 6.54 Å². The Morgan fingerprint density at radius 2 is 1.33 bits per heavy atom. The summed E-state index contributed by atoms with van der Waals surface area (Å²) in [5.41, 5.74) is 8.15. The van der Waals surface area contributed by atoms with Gasteiger partial charge in [0.15, 0.2) is 0 Å². The first kappa shape index (κ1) is 27.1. The van der Waals surface area contributed by atoms with Crippen molar-refractivity contribution in [3.05, 3.63) is 127 Å². The average molecular weight is 600 g/mol. The predicted molar refractivity (Wildman–Crippen MR) is 194 cm³/mol. The zero-order valence-corrected chi connectivity index (χ0v) is 26.2. The minimum Gasteiger partial charge on any atom is -0.456 e. The highest BCUT2D eigenvalue weighted by molar-refractivity contribution is 6.19. The summed E-state index contributed by atoms with van der Waals surface area (Å²) in [6.07, 6.45) is 13.0. The van der Waals surface area contributed by atoms with Crippen LogP contribution >= 0.6 is 0 Å². The minimum absolute atomic E-state index is 0.0348. The Morgan fingerprint density at radius 3 is 2.20 bits per heavy atom. The third-order valence-corrected chi connectivity index (χ3v) is 9.91. The quantitative estimate of drug-likeness (QED) is 0.176. The Bertz CT molecular complexity index is 2480. The molecule has 4 nitrogen and oxygen atoms in total. The van der Waals surface area contributed by atoms with Gasteiger partial charge in [0.05, 0.1) is 22.6 Å². The van der Waals surface area contributed by atoms with Crippen LogP contribution < -0.4 is 5.32 Å². The van der Waals surface area contributed by atoms with E-state index in [0.29, 0.717) is 0 Å². The molecule has 0 saturated heterocycles. The van der Waals surface area contributed by atoms with Crippen molar-refractivity contribution in [1.29, 1.82) is 0 Å². The lowest BCUT2D eigenvalue weighted by atomic mass is 10.0. The maximum atomic E-state index is 6.12. The van der Waals surface area contributed by atoms with Crippen molar-refractivity contribution in [1.82, 2.24) is 14.5 Å². The molecule has 1 atom stereocenters. The van der Waals surface area contributed by atoms with E-state index in [0.717, 1.165) is 34.3 Å². The summed E-state index contributed by atoms with van der Waals surface area (Å²) in [6.45, 7) is 3.32. The normalized spacial score (nSPS) is 15.2. The summed E-state index contributed by atoms with van der Waals surface area (Å²) in [7, 11) is 0. The highest BCUT2D eigenvalue weighted by Gasteiger charge is 2.21. The van der Waals surface area contributed by atoms with E-state index in [1.54, 1.807) is 0 Å². The van der Waals surface area contributed by atoms with E-state index in [9.17, 15) is 0 Å². The lowest BCUT2D eigenvalue weighted by Gasteiger charge is -2.24. The van der Waals surface area contributed by atoms with Crippen LogP contribution in [0.15, 0.2) is 126 Å². The first-order valence-corrected chi connectivity index (χ1v) is 16.8. The Balaban J connectivity index is 1.17. The maximum Gasteiger partial charge on any atom is 0.135 e. The van der Waals surface area contributed by atoms with Gasteiger partial charge in [0, 0.05) is 44.4 Å². The molecular formula is C42H37N3O. The molecule has 1 N–H and O–H groups in total. The molecule has 0 radical (unpaired) electrons. The highest BCUT2D eigenvalue weighted by Crippen LogP contribution is 2.39. The molecule has 0 amide bonds. The third kappa shape index (κ3) is 4.28. The largest absolute Gasteiger partial charge is 0.456 e. The van der Waals surface area contributed by atoms with E-state index in [1.165, 1.54) is 81.3 Å². The molecule has 0 spiro atoms. The number of hydrogen-bond acceptors (Lipinski definition) is 2. The molecule has 1 aliphatic rings. The summed E-state index contributed by atoms with van der Waals surface area (Å²) in [5.74, 6) is 1.08. The molecule has 9 rings (SSSR count). The summed E-state index contributed by atoms with van der Waals surface area (Å²) in [6, 6.07) is 37.5. The van der Waals surface area contributed by atoms with Gasteiger partial charge in [0.1, 0.15) is 17.0 Å². The number of aromatic nitrogens is 2. The first-order valence-electron chi connectivity index (χ1n) is 16.8. The molecule has 4 heterocycles. The van der Waals surface area contributed by atoms with Gasteiger partial charge >= 0.3 is 0 Å². The molecule has 0 aliphatic carbocycles.